The summed E-state index contributed by atoms with van der Waals surface area (Å²) in [6, 6.07) is 15.9. The minimum atomic E-state index is -0.0979. The molecule has 3 aromatic rings. The number of aryl methyl sites for hydroxylation is 1. The van der Waals surface area contributed by atoms with Crippen LogP contribution in [0.3, 0.4) is 0 Å². The molecule has 166 valence electrons. The highest BCUT2D eigenvalue weighted by Crippen LogP contribution is 2.21. The number of thioether (sulfide) groups is 1. The SMILES string of the molecule is C=CCN1CCN(c2ccc(NC(=O)CSc3nnnn3-c3ccc(C)cc3)cc2)CC1. The number of hydrogen-bond donors (Lipinski definition) is 1. The Kier molecular flexibility index (Phi) is 7.18. The Bertz CT molecular complexity index is 1040. The van der Waals surface area contributed by atoms with Crippen LogP contribution in [0.4, 0.5) is 11.4 Å². The molecule has 0 saturated carbocycles. The molecule has 1 aliphatic rings. The van der Waals surface area contributed by atoms with Crippen molar-refractivity contribution in [2.45, 2.75) is 12.1 Å². The molecule has 0 spiro atoms. The van der Waals surface area contributed by atoms with Crippen LogP contribution in [0.2, 0.25) is 0 Å². The van der Waals surface area contributed by atoms with Gasteiger partial charge in [0.1, 0.15) is 0 Å². The molecule has 8 nitrogen and oxygen atoms in total. The number of piperazine rings is 1. The van der Waals surface area contributed by atoms with E-state index in [0.29, 0.717) is 5.16 Å². The van der Waals surface area contributed by atoms with Gasteiger partial charge in [0.2, 0.25) is 11.1 Å². The maximum absolute atomic E-state index is 12.5. The smallest absolute Gasteiger partial charge is 0.234 e. The summed E-state index contributed by atoms with van der Waals surface area (Å²) in [5.74, 6) is 0.124. The van der Waals surface area contributed by atoms with E-state index in [0.717, 1.165) is 49.7 Å². The van der Waals surface area contributed by atoms with Gasteiger partial charge in [-0.05, 0) is 53.7 Å². The molecule has 1 amide bonds. The van der Waals surface area contributed by atoms with Gasteiger partial charge in [-0.25, -0.2) is 0 Å². The first-order valence-electron chi connectivity index (χ1n) is 10.6. The first-order valence-corrected chi connectivity index (χ1v) is 11.6. The molecule has 0 atom stereocenters. The van der Waals surface area contributed by atoms with Crippen LogP contribution in [0.25, 0.3) is 5.69 Å². The fraction of sp³-hybridized carbons (Fsp3) is 0.304. The summed E-state index contributed by atoms with van der Waals surface area (Å²) in [4.78, 5) is 17.2. The molecule has 0 unspecified atom stereocenters. The lowest BCUT2D eigenvalue weighted by Crippen LogP contribution is -2.46. The second kappa shape index (κ2) is 10.4. The summed E-state index contributed by atoms with van der Waals surface area (Å²) >= 11 is 1.31. The molecular formula is C23H27N7OS. The van der Waals surface area contributed by atoms with Gasteiger partial charge in [-0.1, -0.05) is 35.5 Å². The molecule has 0 radical (unpaired) electrons. The predicted octanol–water partition coefficient (Wildman–Crippen LogP) is 3.01. The maximum Gasteiger partial charge on any atom is 0.234 e. The Labute approximate surface area is 192 Å². The van der Waals surface area contributed by atoms with Gasteiger partial charge in [0.15, 0.2) is 0 Å². The molecule has 4 rings (SSSR count). The number of nitrogens with one attached hydrogen (secondary N) is 1. The van der Waals surface area contributed by atoms with Crippen molar-refractivity contribution in [1.29, 1.82) is 0 Å². The average molecular weight is 450 g/mol. The molecule has 1 aliphatic heterocycles. The largest absolute Gasteiger partial charge is 0.369 e. The summed E-state index contributed by atoms with van der Waals surface area (Å²) in [6.45, 7) is 10.8. The fourth-order valence-electron chi connectivity index (χ4n) is 3.57. The summed E-state index contributed by atoms with van der Waals surface area (Å²) in [5.41, 5.74) is 3.98. The van der Waals surface area contributed by atoms with E-state index < -0.39 is 0 Å². The third-order valence-electron chi connectivity index (χ3n) is 5.33. The first-order chi connectivity index (χ1) is 15.6. The number of carbonyl (C=O) groups excluding carboxylic acids is 1. The Morgan fingerprint density at radius 1 is 1.06 bits per heavy atom. The first kappa shape index (κ1) is 22.0. The van der Waals surface area contributed by atoms with E-state index in [4.69, 9.17) is 0 Å². The number of nitrogens with zero attached hydrogens (tertiary/aromatic N) is 6. The number of aromatic nitrogens is 4. The highest BCUT2D eigenvalue weighted by molar-refractivity contribution is 7.99. The lowest BCUT2D eigenvalue weighted by Gasteiger charge is -2.35. The highest BCUT2D eigenvalue weighted by Gasteiger charge is 2.16. The van der Waals surface area contributed by atoms with Crippen LogP contribution < -0.4 is 10.2 Å². The molecule has 1 saturated heterocycles. The van der Waals surface area contributed by atoms with E-state index in [2.05, 4.69) is 49.4 Å². The number of tetrazole rings is 1. The normalized spacial score (nSPS) is 14.3. The molecule has 0 bridgehead atoms. The van der Waals surface area contributed by atoms with Crippen LogP contribution in [0, 0.1) is 6.92 Å². The minimum Gasteiger partial charge on any atom is -0.369 e. The van der Waals surface area contributed by atoms with Crippen molar-refractivity contribution in [1.82, 2.24) is 25.1 Å². The lowest BCUT2D eigenvalue weighted by molar-refractivity contribution is -0.113. The van der Waals surface area contributed by atoms with Crippen molar-refractivity contribution >= 4 is 29.0 Å². The second-order valence-corrected chi connectivity index (χ2v) is 8.61. The zero-order valence-electron chi connectivity index (χ0n) is 18.1. The topological polar surface area (TPSA) is 79.2 Å². The number of carbonyl (C=O) groups is 1. The molecule has 1 aromatic heterocycles. The van der Waals surface area contributed by atoms with Crippen molar-refractivity contribution in [2.75, 3.05) is 48.7 Å². The summed E-state index contributed by atoms with van der Waals surface area (Å²) in [5, 5.41) is 15.4. The van der Waals surface area contributed by atoms with Gasteiger partial charge >= 0.3 is 0 Å². The van der Waals surface area contributed by atoms with Gasteiger partial charge in [0.25, 0.3) is 0 Å². The Hall–Kier alpha value is -3.17. The molecule has 1 fully saturated rings. The molecule has 32 heavy (non-hydrogen) atoms. The van der Waals surface area contributed by atoms with Crippen LogP contribution in [-0.2, 0) is 4.79 Å². The van der Waals surface area contributed by atoms with Crippen molar-refractivity contribution in [3.63, 3.8) is 0 Å². The number of rotatable bonds is 8. The second-order valence-electron chi connectivity index (χ2n) is 7.67. The molecular weight excluding hydrogens is 422 g/mol. The van der Waals surface area contributed by atoms with E-state index in [9.17, 15) is 4.79 Å². The van der Waals surface area contributed by atoms with Gasteiger partial charge in [0, 0.05) is 44.1 Å². The van der Waals surface area contributed by atoms with Crippen LogP contribution in [0.1, 0.15) is 5.56 Å². The van der Waals surface area contributed by atoms with E-state index >= 15 is 0 Å². The molecule has 2 aromatic carbocycles. The van der Waals surface area contributed by atoms with Crippen LogP contribution in [0.5, 0.6) is 0 Å². The fourth-order valence-corrected chi connectivity index (χ4v) is 4.26. The zero-order chi connectivity index (χ0) is 22.3. The van der Waals surface area contributed by atoms with Crippen molar-refractivity contribution in [3.05, 3.63) is 66.7 Å². The van der Waals surface area contributed by atoms with Crippen LogP contribution in [-0.4, -0.2) is 69.5 Å². The van der Waals surface area contributed by atoms with Gasteiger partial charge in [-0.15, -0.1) is 11.7 Å². The van der Waals surface area contributed by atoms with E-state index in [1.54, 1.807) is 4.68 Å². The van der Waals surface area contributed by atoms with Crippen LogP contribution >= 0.6 is 11.8 Å². The van der Waals surface area contributed by atoms with E-state index in [-0.39, 0.29) is 11.7 Å². The molecule has 2 heterocycles. The highest BCUT2D eigenvalue weighted by atomic mass is 32.2. The monoisotopic (exact) mass is 449 g/mol. The number of anilines is 2. The Morgan fingerprint density at radius 2 is 1.75 bits per heavy atom. The van der Waals surface area contributed by atoms with Gasteiger partial charge in [0.05, 0.1) is 11.4 Å². The molecule has 9 heteroatoms. The van der Waals surface area contributed by atoms with E-state index in [1.165, 1.54) is 17.4 Å². The predicted molar refractivity (Wildman–Crippen MR) is 129 cm³/mol. The van der Waals surface area contributed by atoms with Crippen molar-refractivity contribution < 1.29 is 4.79 Å². The summed E-state index contributed by atoms with van der Waals surface area (Å²) in [6.07, 6.45) is 1.95. The van der Waals surface area contributed by atoms with Gasteiger partial charge in [-0.3, -0.25) is 9.69 Å². The van der Waals surface area contributed by atoms with Crippen molar-refractivity contribution in [2.24, 2.45) is 0 Å². The quantitative estimate of drug-likeness (QED) is 0.418. The molecule has 1 N–H and O–H groups in total. The standard InChI is InChI=1S/C23H27N7OS/c1-3-12-28-13-15-29(16-14-28)20-10-6-19(7-11-20)24-22(31)17-32-23-25-26-27-30(23)21-8-4-18(2)5-9-21/h3-11H,1,12-17H2,2H3,(H,24,31). The number of hydrogen-bond acceptors (Lipinski definition) is 7. The third-order valence-corrected chi connectivity index (χ3v) is 6.25. The number of benzene rings is 2. The van der Waals surface area contributed by atoms with Gasteiger partial charge < -0.3 is 10.2 Å². The van der Waals surface area contributed by atoms with Gasteiger partial charge in [-0.2, -0.15) is 4.68 Å². The van der Waals surface area contributed by atoms with Crippen molar-refractivity contribution in [3.8, 4) is 5.69 Å². The third kappa shape index (κ3) is 5.54. The van der Waals surface area contributed by atoms with Crippen LogP contribution in [0.15, 0.2) is 66.3 Å². The van der Waals surface area contributed by atoms with E-state index in [1.807, 2.05) is 49.4 Å². The molecule has 0 aliphatic carbocycles. The lowest BCUT2D eigenvalue weighted by atomic mass is 10.2. The average Bonchev–Trinajstić information content (AvgIpc) is 3.28. The maximum atomic E-state index is 12.5. The Balaban J connectivity index is 1.28. The number of amides is 1. The minimum absolute atomic E-state index is 0.0979. The Morgan fingerprint density at radius 3 is 2.44 bits per heavy atom. The summed E-state index contributed by atoms with van der Waals surface area (Å²) < 4.78 is 1.64. The zero-order valence-corrected chi connectivity index (χ0v) is 19.0. The summed E-state index contributed by atoms with van der Waals surface area (Å²) in [7, 11) is 0.